The molecule has 1 aromatic heterocycles. The van der Waals surface area contributed by atoms with Gasteiger partial charge in [0.25, 0.3) is 11.8 Å². The van der Waals surface area contributed by atoms with Crippen LogP contribution in [0.3, 0.4) is 0 Å². The summed E-state index contributed by atoms with van der Waals surface area (Å²) in [6, 6.07) is 25.2. The van der Waals surface area contributed by atoms with Gasteiger partial charge in [0, 0.05) is 24.0 Å². The van der Waals surface area contributed by atoms with Crippen molar-refractivity contribution in [2.75, 3.05) is 13.7 Å². The van der Waals surface area contributed by atoms with E-state index in [4.69, 9.17) is 15.2 Å². The number of nitrogens with one attached hydrogen (secondary N) is 1. The van der Waals surface area contributed by atoms with E-state index in [0.29, 0.717) is 30.3 Å². The van der Waals surface area contributed by atoms with Gasteiger partial charge < -0.3 is 25.1 Å². The van der Waals surface area contributed by atoms with Gasteiger partial charge in [-0.2, -0.15) is 0 Å². The molecule has 3 N–H and O–H groups in total. The zero-order chi connectivity index (χ0) is 23.2. The first-order valence-corrected chi connectivity index (χ1v) is 10.5. The molecule has 0 aliphatic rings. The van der Waals surface area contributed by atoms with Crippen LogP contribution < -0.4 is 20.5 Å². The summed E-state index contributed by atoms with van der Waals surface area (Å²) >= 11 is 0. The lowest BCUT2D eigenvalue weighted by molar-refractivity contribution is -0.119. The number of methoxy groups -OCH3 is 1. The fourth-order valence-corrected chi connectivity index (χ4v) is 3.70. The Hall–Kier alpha value is -4.26. The standard InChI is InChI=1S/C26H25N3O4/c1-32-24-13-19(11-12-23(24)33-17-25(27)30)15-28-26(31)22-14-20-9-5-6-10-21(20)29(22)16-18-7-3-2-4-8-18/h2-14H,15-17H2,1H3,(H2,27,30)(H,28,31). The van der Waals surface area contributed by atoms with Gasteiger partial charge >= 0.3 is 0 Å². The topological polar surface area (TPSA) is 95.6 Å². The van der Waals surface area contributed by atoms with E-state index in [0.717, 1.165) is 22.0 Å². The number of amides is 2. The third-order valence-electron chi connectivity index (χ3n) is 5.28. The summed E-state index contributed by atoms with van der Waals surface area (Å²) in [5.74, 6) is 0.130. The van der Waals surface area contributed by atoms with Gasteiger partial charge in [-0.15, -0.1) is 0 Å². The number of nitrogens with two attached hydrogens (primary N) is 1. The molecule has 33 heavy (non-hydrogen) atoms. The molecule has 4 rings (SSSR count). The molecule has 7 nitrogen and oxygen atoms in total. The maximum atomic E-state index is 13.2. The van der Waals surface area contributed by atoms with Gasteiger partial charge in [-0.1, -0.05) is 54.6 Å². The second-order valence-corrected chi connectivity index (χ2v) is 7.58. The number of hydrogen-bond acceptors (Lipinski definition) is 4. The lowest BCUT2D eigenvalue weighted by Gasteiger charge is -2.13. The zero-order valence-electron chi connectivity index (χ0n) is 18.3. The minimum absolute atomic E-state index is 0.171. The highest BCUT2D eigenvalue weighted by Gasteiger charge is 2.16. The van der Waals surface area contributed by atoms with Crippen LogP contribution in [0.1, 0.15) is 21.6 Å². The van der Waals surface area contributed by atoms with E-state index in [1.165, 1.54) is 7.11 Å². The smallest absolute Gasteiger partial charge is 0.268 e. The number of ether oxygens (including phenoxy) is 2. The average molecular weight is 444 g/mol. The summed E-state index contributed by atoms with van der Waals surface area (Å²) in [6.45, 7) is 0.660. The molecular weight excluding hydrogens is 418 g/mol. The summed E-state index contributed by atoms with van der Waals surface area (Å²) in [5.41, 5.74) is 8.67. The Labute approximate surface area is 191 Å². The van der Waals surface area contributed by atoms with Crippen molar-refractivity contribution in [1.29, 1.82) is 0 Å². The first kappa shape index (κ1) is 22.0. The Morgan fingerprint density at radius 3 is 2.42 bits per heavy atom. The molecule has 1 heterocycles. The number of nitrogens with zero attached hydrogens (tertiary/aromatic N) is 1. The second kappa shape index (κ2) is 9.91. The Kier molecular flexibility index (Phi) is 6.59. The third kappa shape index (κ3) is 5.15. The molecule has 0 saturated heterocycles. The molecule has 0 aliphatic heterocycles. The van der Waals surface area contributed by atoms with Crippen LogP contribution in [0, 0.1) is 0 Å². The highest BCUT2D eigenvalue weighted by atomic mass is 16.5. The van der Waals surface area contributed by atoms with Crippen molar-refractivity contribution in [2.45, 2.75) is 13.1 Å². The van der Waals surface area contributed by atoms with Gasteiger partial charge in [0.2, 0.25) is 0 Å². The van der Waals surface area contributed by atoms with E-state index in [1.54, 1.807) is 18.2 Å². The number of primary amides is 1. The largest absolute Gasteiger partial charge is 0.493 e. The zero-order valence-corrected chi connectivity index (χ0v) is 18.3. The van der Waals surface area contributed by atoms with Crippen molar-refractivity contribution in [2.24, 2.45) is 5.73 Å². The molecule has 2 amide bonds. The van der Waals surface area contributed by atoms with Gasteiger partial charge in [0.15, 0.2) is 18.1 Å². The normalized spacial score (nSPS) is 10.7. The number of carbonyl (C=O) groups excluding carboxylic acids is 2. The highest BCUT2D eigenvalue weighted by Crippen LogP contribution is 2.28. The Morgan fingerprint density at radius 1 is 0.909 bits per heavy atom. The molecule has 0 unspecified atom stereocenters. The summed E-state index contributed by atoms with van der Waals surface area (Å²) in [7, 11) is 1.51. The molecular formula is C26H25N3O4. The summed E-state index contributed by atoms with van der Waals surface area (Å²) in [4.78, 5) is 24.1. The Balaban J connectivity index is 1.53. The van der Waals surface area contributed by atoms with Crippen molar-refractivity contribution >= 4 is 22.7 Å². The van der Waals surface area contributed by atoms with Crippen LogP contribution in [-0.4, -0.2) is 30.1 Å². The molecule has 0 spiro atoms. The van der Waals surface area contributed by atoms with Crippen molar-refractivity contribution in [3.63, 3.8) is 0 Å². The molecule has 0 fully saturated rings. The number of rotatable bonds is 9. The molecule has 0 bridgehead atoms. The van der Waals surface area contributed by atoms with Crippen LogP contribution in [0.15, 0.2) is 78.9 Å². The minimum atomic E-state index is -0.570. The quantitative estimate of drug-likeness (QED) is 0.414. The molecule has 7 heteroatoms. The molecule has 3 aromatic carbocycles. The maximum absolute atomic E-state index is 13.2. The van der Waals surface area contributed by atoms with Crippen molar-refractivity contribution in [3.05, 3.63) is 95.7 Å². The van der Waals surface area contributed by atoms with E-state index >= 15 is 0 Å². The van der Waals surface area contributed by atoms with E-state index in [1.807, 2.05) is 65.2 Å². The Morgan fingerprint density at radius 2 is 1.67 bits per heavy atom. The average Bonchev–Trinajstić information content (AvgIpc) is 3.20. The molecule has 0 saturated carbocycles. The van der Waals surface area contributed by atoms with Crippen LogP contribution in [0.4, 0.5) is 0 Å². The van der Waals surface area contributed by atoms with Crippen molar-refractivity contribution < 1.29 is 19.1 Å². The van der Waals surface area contributed by atoms with Crippen molar-refractivity contribution in [1.82, 2.24) is 9.88 Å². The molecule has 0 radical (unpaired) electrons. The van der Waals surface area contributed by atoms with Gasteiger partial charge in [0.1, 0.15) is 5.69 Å². The fourth-order valence-electron chi connectivity index (χ4n) is 3.70. The first-order valence-electron chi connectivity index (χ1n) is 10.5. The van der Waals surface area contributed by atoms with E-state index in [-0.39, 0.29) is 12.5 Å². The SMILES string of the molecule is COc1cc(CNC(=O)c2cc3ccccc3n2Cc2ccccc2)ccc1OCC(N)=O. The number of benzene rings is 3. The molecule has 0 atom stereocenters. The molecule has 4 aromatic rings. The van der Waals surface area contributed by atoms with E-state index in [9.17, 15) is 9.59 Å². The second-order valence-electron chi connectivity index (χ2n) is 7.58. The van der Waals surface area contributed by atoms with Gasteiger partial charge in [-0.25, -0.2) is 0 Å². The lowest BCUT2D eigenvalue weighted by atomic mass is 10.2. The van der Waals surface area contributed by atoms with Crippen LogP contribution in [0.25, 0.3) is 10.9 Å². The van der Waals surface area contributed by atoms with E-state index < -0.39 is 5.91 Å². The predicted molar refractivity (Wildman–Crippen MR) is 126 cm³/mol. The van der Waals surface area contributed by atoms with E-state index in [2.05, 4.69) is 5.32 Å². The lowest BCUT2D eigenvalue weighted by Crippen LogP contribution is -2.25. The van der Waals surface area contributed by atoms with Gasteiger partial charge in [-0.05, 0) is 35.4 Å². The number of fused-ring (bicyclic) bond motifs is 1. The Bertz CT molecular complexity index is 1280. The van der Waals surface area contributed by atoms with Gasteiger partial charge in [-0.3, -0.25) is 9.59 Å². The molecule has 0 aliphatic carbocycles. The maximum Gasteiger partial charge on any atom is 0.268 e. The van der Waals surface area contributed by atoms with Crippen molar-refractivity contribution in [3.8, 4) is 11.5 Å². The molecule has 168 valence electrons. The predicted octanol–water partition coefficient (Wildman–Crippen LogP) is 3.49. The van der Waals surface area contributed by atoms with Crippen LogP contribution in [0.5, 0.6) is 11.5 Å². The number of aromatic nitrogens is 1. The summed E-state index contributed by atoms with van der Waals surface area (Å²) in [5, 5.41) is 4.00. The number of hydrogen-bond donors (Lipinski definition) is 2. The van der Waals surface area contributed by atoms with Crippen LogP contribution >= 0.6 is 0 Å². The van der Waals surface area contributed by atoms with Gasteiger partial charge in [0.05, 0.1) is 7.11 Å². The monoisotopic (exact) mass is 443 g/mol. The van der Waals surface area contributed by atoms with Crippen LogP contribution in [-0.2, 0) is 17.9 Å². The first-order chi connectivity index (χ1) is 16.0. The third-order valence-corrected chi connectivity index (χ3v) is 5.28. The minimum Gasteiger partial charge on any atom is -0.493 e. The number of carbonyl (C=O) groups is 2. The highest BCUT2D eigenvalue weighted by molar-refractivity contribution is 5.98. The van der Waals surface area contributed by atoms with Crippen LogP contribution in [0.2, 0.25) is 0 Å². The summed E-state index contributed by atoms with van der Waals surface area (Å²) < 4.78 is 12.7. The fraction of sp³-hybridized carbons (Fsp3) is 0.154. The number of para-hydroxylation sites is 1. The summed E-state index contributed by atoms with van der Waals surface area (Å²) in [6.07, 6.45) is 0.